The van der Waals surface area contributed by atoms with Gasteiger partial charge in [0.2, 0.25) is 0 Å². The molecule has 9 heteroatoms. The van der Waals surface area contributed by atoms with Gasteiger partial charge in [0.05, 0.1) is 5.60 Å². The molecule has 0 heterocycles. The summed E-state index contributed by atoms with van der Waals surface area (Å²) in [5.41, 5.74) is -0.518. The fourth-order valence-electron chi connectivity index (χ4n) is 1.83. The molecular weight excluding hydrogens is 316 g/mol. The third kappa shape index (κ3) is 5.37. The maximum atomic E-state index is 13.2. The third-order valence-corrected chi connectivity index (χ3v) is 4.31. The Bertz CT molecular complexity index is 425. The van der Waals surface area contributed by atoms with Gasteiger partial charge in [0.25, 0.3) is 0 Å². The van der Waals surface area contributed by atoms with Crippen molar-refractivity contribution in [2.24, 2.45) is 0 Å². The topological polar surface area (TPSA) is 63.6 Å². The largest absolute Gasteiger partial charge is 0.431 e. The van der Waals surface area contributed by atoms with E-state index < -0.39 is 39.7 Å². The lowest BCUT2D eigenvalue weighted by Crippen LogP contribution is -2.46. The Morgan fingerprint density at radius 3 is 2.00 bits per heavy atom. The molecule has 0 amide bonds. The van der Waals surface area contributed by atoms with E-state index in [4.69, 9.17) is 9.29 Å². The Morgan fingerprint density at radius 2 is 1.62 bits per heavy atom. The summed E-state index contributed by atoms with van der Waals surface area (Å²) in [5.74, 6) is -4.85. The first-order valence-electron chi connectivity index (χ1n) is 6.69. The lowest BCUT2D eigenvalue weighted by molar-refractivity contribution is -0.168. The summed E-state index contributed by atoms with van der Waals surface area (Å²) in [6, 6.07) is 0. The molecule has 0 aromatic heterocycles. The van der Waals surface area contributed by atoms with Crippen LogP contribution in [0.15, 0.2) is 0 Å². The second kappa shape index (κ2) is 7.23. The third-order valence-electron chi connectivity index (χ3n) is 3.36. The normalized spacial score (nSPS) is 16.8. The van der Waals surface area contributed by atoms with Crippen LogP contribution in [0.3, 0.4) is 0 Å². The number of hydrogen-bond donors (Lipinski definition) is 1. The van der Waals surface area contributed by atoms with Crippen LogP contribution in [-0.2, 0) is 14.9 Å². The molecule has 0 aromatic rings. The molecule has 0 saturated heterocycles. The van der Waals surface area contributed by atoms with Gasteiger partial charge in [-0.3, -0.25) is 4.55 Å². The van der Waals surface area contributed by atoms with Crippen LogP contribution in [-0.4, -0.2) is 36.4 Å². The highest BCUT2D eigenvalue weighted by molar-refractivity contribution is 7.87. The van der Waals surface area contributed by atoms with Crippen molar-refractivity contribution in [3.8, 4) is 0 Å². The maximum absolute atomic E-state index is 13.2. The van der Waals surface area contributed by atoms with Crippen molar-refractivity contribution in [2.75, 3.05) is 6.61 Å². The van der Waals surface area contributed by atoms with Crippen molar-refractivity contribution in [2.45, 2.75) is 69.7 Å². The second-order valence-corrected chi connectivity index (χ2v) is 6.66. The van der Waals surface area contributed by atoms with E-state index in [1.54, 1.807) is 6.92 Å². The van der Waals surface area contributed by atoms with Crippen molar-refractivity contribution < 1.29 is 35.3 Å². The minimum absolute atomic E-state index is 0.193. The summed E-state index contributed by atoms with van der Waals surface area (Å²) in [6.07, 6.45) is 0.309. The zero-order valence-electron chi connectivity index (χ0n) is 12.3. The molecule has 0 bridgehead atoms. The highest BCUT2D eigenvalue weighted by Crippen LogP contribution is 2.41. The van der Waals surface area contributed by atoms with E-state index in [0.717, 1.165) is 6.42 Å². The summed E-state index contributed by atoms with van der Waals surface area (Å²) in [6.45, 7) is 5.39. The molecule has 1 N–H and O–H groups in total. The molecule has 21 heavy (non-hydrogen) atoms. The summed E-state index contributed by atoms with van der Waals surface area (Å²) in [7, 11) is -6.16. The van der Waals surface area contributed by atoms with Gasteiger partial charge in [0, 0.05) is 13.0 Å². The number of hydrogen-bond acceptors (Lipinski definition) is 3. The van der Waals surface area contributed by atoms with E-state index in [-0.39, 0.29) is 6.61 Å². The van der Waals surface area contributed by atoms with Gasteiger partial charge in [0.15, 0.2) is 0 Å². The molecule has 128 valence electrons. The highest BCUT2D eigenvalue weighted by atomic mass is 32.2. The minimum atomic E-state index is -6.16. The van der Waals surface area contributed by atoms with Crippen molar-refractivity contribution in [3.63, 3.8) is 0 Å². The van der Waals surface area contributed by atoms with E-state index in [2.05, 4.69) is 0 Å². The Hall–Kier alpha value is -0.410. The summed E-state index contributed by atoms with van der Waals surface area (Å²) >= 11 is 0. The van der Waals surface area contributed by atoms with Gasteiger partial charge in [-0.2, -0.15) is 26.0 Å². The van der Waals surface area contributed by atoms with Crippen LogP contribution in [0.1, 0.15) is 52.9 Å². The molecule has 0 aliphatic heterocycles. The van der Waals surface area contributed by atoms with Gasteiger partial charge in [0.1, 0.15) is 0 Å². The Balaban J connectivity index is 4.54. The van der Waals surface area contributed by atoms with Crippen LogP contribution in [0.4, 0.5) is 17.6 Å². The van der Waals surface area contributed by atoms with Crippen molar-refractivity contribution in [3.05, 3.63) is 0 Å². The fraction of sp³-hybridized carbons (Fsp3) is 1.00. The van der Waals surface area contributed by atoms with Crippen LogP contribution in [0.5, 0.6) is 0 Å². The molecule has 0 aliphatic carbocycles. The Kier molecular flexibility index (Phi) is 7.09. The van der Waals surface area contributed by atoms with Gasteiger partial charge < -0.3 is 4.74 Å². The van der Waals surface area contributed by atoms with E-state index in [1.807, 2.05) is 13.8 Å². The van der Waals surface area contributed by atoms with Crippen LogP contribution in [0.2, 0.25) is 0 Å². The number of alkyl halides is 4. The van der Waals surface area contributed by atoms with Crippen LogP contribution in [0, 0.1) is 0 Å². The molecule has 0 spiro atoms. The van der Waals surface area contributed by atoms with Gasteiger partial charge in [-0.1, -0.05) is 20.3 Å². The SMILES string of the molecule is CCCC(C)(CC)OCCCC(F)(F)C(F)(F)S(=O)(=O)O. The predicted molar refractivity (Wildman–Crippen MR) is 70.2 cm³/mol. The zero-order chi connectivity index (χ0) is 16.9. The number of ether oxygens (including phenoxy) is 1. The first kappa shape index (κ1) is 20.6. The first-order chi connectivity index (χ1) is 9.33. The van der Waals surface area contributed by atoms with Gasteiger partial charge in [-0.25, -0.2) is 0 Å². The predicted octanol–water partition coefficient (Wildman–Crippen LogP) is 3.87. The lowest BCUT2D eigenvalue weighted by atomic mass is 9.97. The quantitative estimate of drug-likeness (QED) is 0.373. The molecule has 1 atom stereocenters. The Labute approximate surface area is 122 Å². The van der Waals surface area contributed by atoms with E-state index in [0.29, 0.717) is 12.8 Å². The van der Waals surface area contributed by atoms with E-state index >= 15 is 0 Å². The maximum Gasteiger partial charge on any atom is 0.431 e. The van der Waals surface area contributed by atoms with Crippen LogP contribution in [0.25, 0.3) is 0 Å². The lowest BCUT2D eigenvalue weighted by Gasteiger charge is -2.29. The van der Waals surface area contributed by atoms with Crippen molar-refractivity contribution >= 4 is 10.1 Å². The molecular formula is C12H22F4O4S. The van der Waals surface area contributed by atoms with Gasteiger partial charge in [-0.15, -0.1) is 0 Å². The van der Waals surface area contributed by atoms with Gasteiger partial charge in [-0.05, 0) is 26.2 Å². The molecule has 1 unspecified atom stereocenters. The van der Waals surface area contributed by atoms with Crippen LogP contribution >= 0.6 is 0 Å². The number of halogens is 4. The summed E-state index contributed by atoms with van der Waals surface area (Å²) < 4.78 is 86.5. The average Bonchev–Trinajstić information content (AvgIpc) is 2.33. The molecule has 0 radical (unpaired) electrons. The van der Waals surface area contributed by atoms with Crippen molar-refractivity contribution in [1.82, 2.24) is 0 Å². The Morgan fingerprint density at radius 1 is 1.10 bits per heavy atom. The fourth-order valence-corrected chi connectivity index (χ4v) is 2.31. The van der Waals surface area contributed by atoms with Crippen LogP contribution < -0.4 is 0 Å². The zero-order valence-corrected chi connectivity index (χ0v) is 13.2. The summed E-state index contributed by atoms with van der Waals surface area (Å²) in [4.78, 5) is 0. The molecule has 0 saturated carbocycles. The minimum Gasteiger partial charge on any atom is -0.375 e. The summed E-state index contributed by atoms with van der Waals surface area (Å²) in [5, 5.41) is -5.50. The molecule has 0 aromatic carbocycles. The first-order valence-corrected chi connectivity index (χ1v) is 8.13. The molecule has 0 rings (SSSR count). The van der Waals surface area contributed by atoms with Gasteiger partial charge >= 0.3 is 21.3 Å². The highest BCUT2D eigenvalue weighted by Gasteiger charge is 2.64. The monoisotopic (exact) mass is 338 g/mol. The van der Waals surface area contributed by atoms with E-state index in [1.165, 1.54) is 0 Å². The second-order valence-electron chi connectivity index (χ2n) is 5.20. The van der Waals surface area contributed by atoms with E-state index in [9.17, 15) is 26.0 Å². The standard InChI is InChI=1S/C12H22F4O4S/c1-4-7-10(3,5-2)20-9-6-8-11(13,14)12(15,16)21(17,18)19/h4-9H2,1-3H3,(H,17,18,19). The number of rotatable bonds is 10. The molecule has 4 nitrogen and oxygen atoms in total. The average molecular weight is 338 g/mol. The molecule has 0 aliphatic rings. The molecule has 0 fully saturated rings. The smallest absolute Gasteiger partial charge is 0.375 e. The van der Waals surface area contributed by atoms with Crippen molar-refractivity contribution in [1.29, 1.82) is 0 Å².